The molecule has 2 nitrogen and oxygen atoms in total. The summed E-state index contributed by atoms with van der Waals surface area (Å²) >= 11 is 0. The number of ether oxygens (including phenoxy) is 1. The Morgan fingerprint density at radius 3 is 2.55 bits per heavy atom. The molecule has 0 atom stereocenters. The van der Waals surface area contributed by atoms with E-state index in [4.69, 9.17) is 4.74 Å². The van der Waals surface area contributed by atoms with Gasteiger partial charge in [-0.3, -0.25) is 0 Å². The van der Waals surface area contributed by atoms with Crippen LogP contribution in [-0.2, 0) is 9.53 Å². The van der Waals surface area contributed by atoms with Gasteiger partial charge in [-0.2, -0.15) is 0 Å². The molecule has 0 aliphatic heterocycles. The van der Waals surface area contributed by atoms with Crippen LogP contribution in [0.15, 0.2) is 49.1 Å². The molecule has 112 valence electrons. The zero-order chi connectivity index (χ0) is 15.1. The van der Waals surface area contributed by atoms with Gasteiger partial charge in [0.05, 0.1) is 6.61 Å². The molecule has 0 saturated heterocycles. The summed E-state index contributed by atoms with van der Waals surface area (Å²) in [5, 5.41) is 0. The molecule has 0 aliphatic carbocycles. The Morgan fingerprint density at radius 1 is 1.10 bits per heavy atom. The predicted molar refractivity (Wildman–Crippen MR) is 86.6 cm³/mol. The smallest absolute Gasteiger partial charge is 0.333 e. The lowest BCUT2D eigenvalue weighted by Crippen LogP contribution is -2.08. The highest BCUT2D eigenvalue weighted by Gasteiger charge is 2.09. The molecule has 0 unspecified atom stereocenters. The summed E-state index contributed by atoms with van der Waals surface area (Å²) in [5.74, 6) is -0.160. The van der Waals surface area contributed by atoms with Crippen molar-refractivity contribution in [3.05, 3.63) is 49.1 Å². The molecule has 0 heterocycles. The molecule has 0 bridgehead atoms. The first kappa shape index (κ1) is 18.4. The highest BCUT2D eigenvalue weighted by Crippen LogP contribution is 2.13. The quantitative estimate of drug-likeness (QED) is 0.162. The first-order valence-corrected chi connectivity index (χ1v) is 7.50. The Balaban J connectivity index is 4.20. The van der Waals surface area contributed by atoms with Gasteiger partial charge in [-0.25, -0.2) is 4.79 Å². The van der Waals surface area contributed by atoms with Crippen molar-refractivity contribution in [2.24, 2.45) is 0 Å². The van der Waals surface area contributed by atoms with Crippen molar-refractivity contribution in [3.63, 3.8) is 0 Å². The molecule has 0 aromatic rings. The van der Waals surface area contributed by atoms with Crippen molar-refractivity contribution in [2.75, 3.05) is 6.61 Å². The first-order chi connectivity index (χ1) is 9.76. The van der Waals surface area contributed by atoms with E-state index in [1.54, 1.807) is 6.08 Å². The summed E-state index contributed by atoms with van der Waals surface area (Å²) in [5.41, 5.74) is 0.823. The summed E-state index contributed by atoms with van der Waals surface area (Å²) in [6.07, 6.45) is 16.6. The Morgan fingerprint density at radius 2 is 1.90 bits per heavy atom. The van der Waals surface area contributed by atoms with Crippen molar-refractivity contribution >= 4 is 5.97 Å². The monoisotopic (exact) mass is 276 g/mol. The van der Waals surface area contributed by atoms with E-state index in [0.29, 0.717) is 6.61 Å². The van der Waals surface area contributed by atoms with Crippen molar-refractivity contribution in [2.45, 2.75) is 51.9 Å². The molecule has 0 radical (unpaired) electrons. The molecule has 0 aromatic carbocycles. The van der Waals surface area contributed by atoms with Crippen molar-refractivity contribution in [3.8, 4) is 0 Å². The summed E-state index contributed by atoms with van der Waals surface area (Å²) in [6, 6.07) is 0. The molecular weight excluding hydrogens is 248 g/mol. The van der Waals surface area contributed by atoms with Gasteiger partial charge in [0.2, 0.25) is 0 Å². The normalized spacial score (nSPS) is 11.6. The lowest BCUT2D eigenvalue weighted by Gasteiger charge is -2.07. The van der Waals surface area contributed by atoms with E-state index in [2.05, 4.69) is 19.2 Å². The van der Waals surface area contributed by atoms with Gasteiger partial charge >= 0.3 is 5.97 Å². The number of allylic oxidation sites excluding steroid dienone is 5. The Labute approximate surface area is 123 Å². The fraction of sp³-hybridized carbons (Fsp3) is 0.500. The number of carbonyl (C=O) groups is 1. The first-order valence-electron chi connectivity index (χ1n) is 7.50. The van der Waals surface area contributed by atoms with Gasteiger partial charge in [0.15, 0.2) is 0 Å². The van der Waals surface area contributed by atoms with Crippen LogP contribution in [-0.4, -0.2) is 12.6 Å². The van der Waals surface area contributed by atoms with E-state index in [9.17, 15) is 4.79 Å². The molecule has 0 spiro atoms. The van der Waals surface area contributed by atoms with Crippen molar-refractivity contribution in [1.82, 2.24) is 0 Å². The maximum atomic E-state index is 11.8. The van der Waals surface area contributed by atoms with E-state index in [-0.39, 0.29) is 5.97 Å². The molecule has 0 rings (SSSR count). The largest absolute Gasteiger partial charge is 0.463 e. The van der Waals surface area contributed by atoms with Crippen LogP contribution in [0.4, 0.5) is 0 Å². The second-order valence-corrected chi connectivity index (χ2v) is 4.58. The Hall–Kier alpha value is -1.57. The van der Waals surface area contributed by atoms with E-state index >= 15 is 0 Å². The summed E-state index contributed by atoms with van der Waals surface area (Å²) in [6.45, 7) is 9.62. The lowest BCUT2D eigenvalue weighted by molar-refractivity contribution is -0.138. The highest BCUT2D eigenvalue weighted by molar-refractivity contribution is 5.88. The molecule has 0 aliphatic rings. The average molecular weight is 276 g/mol. The number of esters is 1. The van der Waals surface area contributed by atoms with Gasteiger partial charge in [-0.1, -0.05) is 37.0 Å². The second-order valence-electron chi connectivity index (χ2n) is 4.58. The van der Waals surface area contributed by atoms with Gasteiger partial charge in [0.1, 0.15) is 0 Å². The van der Waals surface area contributed by atoms with Crippen LogP contribution >= 0.6 is 0 Å². The summed E-state index contributed by atoms with van der Waals surface area (Å²) in [4.78, 5) is 11.8. The molecule has 2 heteroatoms. The Kier molecular flexibility index (Phi) is 12.8. The second kappa shape index (κ2) is 13.9. The fourth-order valence-electron chi connectivity index (χ4n) is 1.82. The van der Waals surface area contributed by atoms with Gasteiger partial charge in [0.25, 0.3) is 0 Å². The number of hydrogen-bond donors (Lipinski definition) is 0. The van der Waals surface area contributed by atoms with E-state index < -0.39 is 0 Å². The molecule has 0 amide bonds. The van der Waals surface area contributed by atoms with Crippen LogP contribution in [0.3, 0.4) is 0 Å². The number of rotatable bonds is 12. The van der Waals surface area contributed by atoms with Crippen molar-refractivity contribution < 1.29 is 9.53 Å². The van der Waals surface area contributed by atoms with Gasteiger partial charge < -0.3 is 4.74 Å². The minimum Gasteiger partial charge on any atom is -0.463 e. The molecule has 20 heavy (non-hydrogen) atoms. The van der Waals surface area contributed by atoms with Gasteiger partial charge in [-0.05, 0) is 51.9 Å². The molecule has 0 aromatic heterocycles. The summed E-state index contributed by atoms with van der Waals surface area (Å²) in [7, 11) is 0. The molecule has 0 saturated carbocycles. The number of carbonyl (C=O) groups excluding carboxylic acids is 1. The average Bonchev–Trinajstić information content (AvgIpc) is 2.45. The third-order valence-electron chi connectivity index (χ3n) is 2.88. The third-order valence-corrected chi connectivity index (χ3v) is 2.88. The minimum atomic E-state index is -0.160. The van der Waals surface area contributed by atoms with E-state index in [1.807, 2.05) is 25.2 Å². The highest BCUT2D eigenvalue weighted by atomic mass is 16.5. The van der Waals surface area contributed by atoms with Gasteiger partial charge in [0, 0.05) is 5.57 Å². The standard InChI is InChI=1S/C18H28O2/c1-4-7-9-11-12-14-16-17(18(19)20-6-3)15-13-10-8-5-2/h4-5,7,9,16H,1-2,6,8,10-15H2,3H3/b9-7+,17-16+. The summed E-state index contributed by atoms with van der Waals surface area (Å²) < 4.78 is 5.10. The fourth-order valence-corrected chi connectivity index (χ4v) is 1.82. The SMILES string of the molecule is C=C/C=C/CCC/C=C(\CCCCC=C)C(=O)OCC. The molecular formula is C18H28O2. The maximum Gasteiger partial charge on any atom is 0.333 e. The van der Waals surface area contributed by atoms with Crippen LogP contribution in [0.25, 0.3) is 0 Å². The topological polar surface area (TPSA) is 26.3 Å². The Bertz CT molecular complexity index is 337. The maximum absolute atomic E-state index is 11.8. The predicted octanol–water partition coefficient (Wildman–Crippen LogP) is 5.13. The van der Waals surface area contributed by atoms with E-state index in [0.717, 1.165) is 50.5 Å². The van der Waals surface area contributed by atoms with E-state index in [1.165, 1.54) is 0 Å². The third kappa shape index (κ3) is 10.4. The van der Waals surface area contributed by atoms with Crippen LogP contribution < -0.4 is 0 Å². The molecule has 0 fully saturated rings. The zero-order valence-corrected chi connectivity index (χ0v) is 12.8. The van der Waals surface area contributed by atoms with Crippen LogP contribution in [0.2, 0.25) is 0 Å². The lowest BCUT2D eigenvalue weighted by atomic mass is 10.0. The van der Waals surface area contributed by atoms with Crippen LogP contribution in [0.1, 0.15) is 51.9 Å². The molecule has 0 N–H and O–H groups in total. The van der Waals surface area contributed by atoms with Gasteiger partial charge in [-0.15, -0.1) is 6.58 Å². The van der Waals surface area contributed by atoms with Crippen LogP contribution in [0.5, 0.6) is 0 Å². The van der Waals surface area contributed by atoms with Crippen LogP contribution in [0, 0.1) is 0 Å². The van der Waals surface area contributed by atoms with Crippen molar-refractivity contribution in [1.29, 1.82) is 0 Å². The zero-order valence-electron chi connectivity index (χ0n) is 12.8. The number of hydrogen-bond acceptors (Lipinski definition) is 2. The minimum absolute atomic E-state index is 0.160. The number of unbranched alkanes of at least 4 members (excludes halogenated alkanes) is 4.